The summed E-state index contributed by atoms with van der Waals surface area (Å²) in [6, 6.07) is 3.44. The van der Waals surface area contributed by atoms with E-state index < -0.39 is 5.91 Å². The predicted octanol–water partition coefficient (Wildman–Crippen LogP) is 0.305. The number of fused-ring (bicyclic) bond motifs is 1. The standard InChI is InChI=1S/C14H17N5O3/c1-9-5-12(15-17(9)2)14(21)19-4-3-18-7-10(13(20)16-22)6-11(18)8-19/h5-7,22H,3-4,8H2,1-2H3,(H,16,20). The number of hydrogen-bond donors (Lipinski definition) is 2. The number of amides is 2. The second kappa shape index (κ2) is 5.30. The number of hydroxylamine groups is 1. The van der Waals surface area contributed by atoms with Crippen molar-refractivity contribution < 1.29 is 14.8 Å². The maximum absolute atomic E-state index is 12.5. The van der Waals surface area contributed by atoms with Crippen LogP contribution < -0.4 is 5.48 Å². The van der Waals surface area contributed by atoms with Crippen molar-refractivity contribution in [3.05, 3.63) is 41.0 Å². The van der Waals surface area contributed by atoms with E-state index in [0.29, 0.717) is 30.9 Å². The molecular weight excluding hydrogens is 286 g/mol. The minimum Gasteiger partial charge on any atom is -0.347 e. The molecule has 0 saturated carbocycles. The minimum absolute atomic E-state index is 0.121. The van der Waals surface area contributed by atoms with E-state index in [1.165, 1.54) is 0 Å². The van der Waals surface area contributed by atoms with Gasteiger partial charge in [0.25, 0.3) is 11.8 Å². The Kier molecular flexibility index (Phi) is 3.45. The van der Waals surface area contributed by atoms with Crippen LogP contribution >= 0.6 is 0 Å². The van der Waals surface area contributed by atoms with E-state index in [1.54, 1.807) is 40.4 Å². The molecule has 0 saturated heterocycles. The van der Waals surface area contributed by atoms with E-state index in [9.17, 15) is 9.59 Å². The first-order valence-electron chi connectivity index (χ1n) is 6.93. The Balaban J connectivity index is 1.80. The SMILES string of the molecule is Cc1cc(C(=O)N2CCn3cc(C(=O)NO)cc3C2)nn1C. The summed E-state index contributed by atoms with van der Waals surface area (Å²) in [6.07, 6.45) is 1.67. The molecule has 2 N–H and O–H groups in total. The summed E-state index contributed by atoms with van der Waals surface area (Å²) in [6.45, 7) is 3.46. The largest absolute Gasteiger partial charge is 0.347 e. The van der Waals surface area contributed by atoms with E-state index >= 15 is 0 Å². The Hall–Kier alpha value is -2.61. The van der Waals surface area contributed by atoms with Gasteiger partial charge in [0.1, 0.15) is 0 Å². The van der Waals surface area contributed by atoms with Crippen molar-refractivity contribution >= 4 is 11.8 Å². The molecule has 0 spiro atoms. The van der Waals surface area contributed by atoms with Crippen LogP contribution in [0.2, 0.25) is 0 Å². The maximum atomic E-state index is 12.5. The van der Waals surface area contributed by atoms with Gasteiger partial charge in [-0.3, -0.25) is 19.5 Å². The molecule has 0 radical (unpaired) electrons. The van der Waals surface area contributed by atoms with Crippen LogP contribution in [0.4, 0.5) is 0 Å². The molecule has 2 aromatic heterocycles. The first-order chi connectivity index (χ1) is 10.5. The van der Waals surface area contributed by atoms with Gasteiger partial charge in [-0.2, -0.15) is 5.10 Å². The van der Waals surface area contributed by atoms with Crippen LogP contribution in [-0.4, -0.2) is 42.8 Å². The van der Waals surface area contributed by atoms with Crippen molar-refractivity contribution in [1.29, 1.82) is 0 Å². The third-order valence-electron chi connectivity index (χ3n) is 3.93. The highest BCUT2D eigenvalue weighted by molar-refractivity contribution is 5.94. The van der Waals surface area contributed by atoms with Crippen molar-refractivity contribution in [2.45, 2.75) is 20.0 Å². The molecule has 0 fully saturated rings. The van der Waals surface area contributed by atoms with Crippen molar-refractivity contribution in [3.63, 3.8) is 0 Å². The first-order valence-corrected chi connectivity index (χ1v) is 6.93. The van der Waals surface area contributed by atoms with Gasteiger partial charge in [-0.15, -0.1) is 0 Å². The lowest BCUT2D eigenvalue weighted by atomic mass is 10.2. The zero-order valence-electron chi connectivity index (χ0n) is 12.4. The molecule has 2 amide bonds. The zero-order valence-corrected chi connectivity index (χ0v) is 12.4. The van der Waals surface area contributed by atoms with Crippen LogP contribution in [0.25, 0.3) is 0 Å². The zero-order chi connectivity index (χ0) is 15.9. The van der Waals surface area contributed by atoms with Crippen molar-refractivity contribution in [2.75, 3.05) is 6.54 Å². The summed E-state index contributed by atoms with van der Waals surface area (Å²) in [7, 11) is 1.80. The van der Waals surface area contributed by atoms with E-state index in [1.807, 2.05) is 11.5 Å². The van der Waals surface area contributed by atoms with Crippen molar-refractivity contribution in [1.82, 2.24) is 24.7 Å². The maximum Gasteiger partial charge on any atom is 0.276 e. The lowest BCUT2D eigenvalue weighted by molar-refractivity contribution is 0.0699. The van der Waals surface area contributed by atoms with Crippen LogP contribution in [0.3, 0.4) is 0 Å². The second-order valence-corrected chi connectivity index (χ2v) is 5.38. The van der Waals surface area contributed by atoms with Crippen molar-refractivity contribution in [2.24, 2.45) is 7.05 Å². The van der Waals surface area contributed by atoms with Gasteiger partial charge in [-0.1, -0.05) is 0 Å². The van der Waals surface area contributed by atoms with Gasteiger partial charge < -0.3 is 9.47 Å². The predicted molar refractivity (Wildman–Crippen MR) is 76.4 cm³/mol. The lowest BCUT2D eigenvalue weighted by Crippen LogP contribution is -2.38. The molecule has 3 rings (SSSR count). The quantitative estimate of drug-likeness (QED) is 0.617. The van der Waals surface area contributed by atoms with Crippen molar-refractivity contribution in [3.8, 4) is 0 Å². The third kappa shape index (κ3) is 2.37. The smallest absolute Gasteiger partial charge is 0.276 e. The van der Waals surface area contributed by atoms with E-state index in [0.717, 1.165) is 11.4 Å². The second-order valence-electron chi connectivity index (χ2n) is 5.38. The van der Waals surface area contributed by atoms with Gasteiger partial charge in [-0.25, -0.2) is 5.48 Å². The molecule has 3 heterocycles. The van der Waals surface area contributed by atoms with Crippen LogP contribution in [0.15, 0.2) is 18.3 Å². The Bertz CT molecular complexity index is 726. The number of aromatic nitrogens is 3. The third-order valence-corrected chi connectivity index (χ3v) is 3.93. The lowest BCUT2D eigenvalue weighted by Gasteiger charge is -2.27. The average molecular weight is 303 g/mol. The highest BCUT2D eigenvalue weighted by Gasteiger charge is 2.25. The number of rotatable bonds is 2. The molecule has 0 aliphatic carbocycles. The highest BCUT2D eigenvalue weighted by Crippen LogP contribution is 2.18. The minimum atomic E-state index is -0.555. The van der Waals surface area contributed by atoms with E-state index in [4.69, 9.17) is 5.21 Å². The molecular formula is C14H17N5O3. The van der Waals surface area contributed by atoms with Crippen LogP contribution in [0.5, 0.6) is 0 Å². The molecule has 8 heteroatoms. The normalized spacial score (nSPS) is 13.9. The molecule has 8 nitrogen and oxygen atoms in total. The summed E-state index contributed by atoms with van der Waals surface area (Å²) in [4.78, 5) is 25.6. The van der Waals surface area contributed by atoms with Gasteiger partial charge in [-0.05, 0) is 19.1 Å². The first kappa shape index (κ1) is 14.3. The molecule has 22 heavy (non-hydrogen) atoms. The topological polar surface area (TPSA) is 92.4 Å². The fourth-order valence-corrected chi connectivity index (χ4v) is 2.59. The van der Waals surface area contributed by atoms with E-state index in [2.05, 4.69) is 5.10 Å². The molecule has 0 atom stereocenters. The number of nitrogens with one attached hydrogen (secondary N) is 1. The number of aryl methyl sites for hydroxylation is 2. The molecule has 2 aromatic rings. The fraction of sp³-hybridized carbons (Fsp3) is 0.357. The molecule has 0 aromatic carbocycles. The Morgan fingerprint density at radius 1 is 1.32 bits per heavy atom. The van der Waals surface area contributed by atoms with Crippen LogP contribution in [0, 0.1) is 6.92 Å². The number of hydrogen-bond acceptors (Lipinski definition) is 4. The average Bonchev–Trinajstić information content (AvgIpc) is 3.08. The summed E-state index contributed by atoms with van der Waals surface area (Å²) in [5.41, 5.74) is 4.19. The highest BCUT2D eigenvalue weighted by atomic mass is 16.5. The Morgan fingerprint density at radius 2 is 2.09 bits per heavy atom. The van der Waals surface area contributed by atoms with Gasteiger partial charge in [0.2, 0.25) is 0 Å². The Morgan fingerprint density at radius 3 is 2.73 bits per heavy atom. The summed E-state index contributed by atoms with van der Waals surface area (Å²) >= 11 is 0. The van der Waals surface area contributed by atoms with Gasteiger partial charge in [0, 0.05) is 37.7 Å². The number of nitrogens with zero attached hydrogens (tertiary/aromatic N) is 4. The van der Waals surface area contributed by atoms with Gasteiger partial charge in [0.05, 0.1) is 12.1 Å². The number of carbonyl (C=O) groups excluding carboxylic acids is 2. The monoisotopic (exact) mass is 303 g/mol. The van der Waals surface area contributed by atoms with Gasteiger partial charge in [0.15, 0.2) is 5.69 Å². The molecule has 0 unspecified atom stereocenters. The van der Waals surface area contributed by atoms with E-state index in [-0.39, 0.29) is 5.91 Å². The summed E-state index contributed by atoms with van der Waals surface area (Å²) in [5, 5.41) is 12.9. The van der Waals surface area contributed by atoms with Crippen LogP contribution in [-0.2, 0) is 20.1 Å². The fourth-order valence-electron chi connectivity index (χ4n) is 2.59. The Labute approximate surface area is 126 Å². The molecule has 0 bridgehead atoms. The summed E-state index contributed by atoms with van der Waals surface area (Å²) in [5.74, 6) is -0.676. The summed E-state index contributed by atoms with van der Waals surface area (Å²) < 4.78 is 3.58. The van der Waals surface area contributed by atoms with Gasteiger partial charge >= 0.3 is 0 Å². The molecule has 116 valence electrons. The number of carbonyl (C=O) groups is 2. The molecule has 1 aliphatic rings. The molecule has 1 aliphatic heterocycles. The van der Waals surface area contributed by atoms with Crippen LogP contribution in [0.1, 0.15) is 32.2 Å².